The van der Waals surface area contributed by atoms with Crippen LogP contribution in [0.3, 0.4) is 0 Å². The smallest absolute Gasteiger partial charge is 0.0242 e. The van der Waals surface area contributed by atoms with Crippen LogP contribution in [0.4, 0.5) is 0 Å². The number of hydrogen-bond donors (Lipinski definition) is 0. The van der Waals surface area contributed by atoms with Crippen LogP contribution in [0.1, 0.15) is 18.9 Å². The highest BCUT2D eigenvalue weighted by molar-refractivity contribution is 5.30. The highest BCUT2D eigenvalue weighted by Crippen LogP contribution is 1.92. The number of benzene rings is 1. The van der Waals surface area contributed by atoms with Crippen LogP contribution in [0.15, 0.2) is 43.0 Å². The molecule has 62 valence electrons. The second-order valence-electron chi connectivity index (χ2n) is 2.21. The van der Waals surface area contributed by atoms with Crippen molar-refractivity contribution in [3.8, 4) is 12.3 Å². The van der Waals surface area contributed by atoms with Gasteiger partial charge in [0.2, 0.25) is 0 Å². The number of allylic oxidation sites excluding steroid dienone is 1. The first-order chi connectivity index (χ1) is 5.85. The first kappa shape index (κ1) is 10.5. The van der Waals surface area contributed by atoms with Gasteiger partial charge in [-0.05, 0) is 18.6 Å². The molecule has 1 aromatic rings. The molecule has 0 N–H and O–H groups in total. The van der Waals surface area contributed by atoms with E-state index in [0.29, 0.717) is 0 Å². The molecule has 12 heavy (non-hydrogen) atoms. The molecule has 0 heteroatoms. The highest BCUT2D eigenvalue weighted by atomic mass is 13.8. The van der Waals surface area contributed by atoms with E-state index in [1.165, 1.54) is 0 Å². The third-order valence-electron chi connectivity index (χ3n) is 1.23. The van der Waals surface area contributed by atoms with Gasteiger partial charge in [0.05, 0.1) is 0 Å². The summed E-state index contributed by atoms with van der Waals surface area (Å²) in [6, 6.07) is 9.60. The third kappa shape index (κ3) is 5.32. The second-order valence-corrected chi connectivity index (χ2v) is 2.21. The predicted molar refractivity (Wildman–Crippen MR) is 54.9 cm³/mol. The number of rotatable bonds is 1. The fraction of sp³-hybridized carbons (Fsp3) is 0.167. The van der Waals surface area contributed by atoms with Crippen molar-refractivity contribution < 1.29 is 0 Å². The maximum atomic E-state index is 5.10. The fourth-order valence-corrected chi connectivity index (χ4v) is 0.534. The molecule has 0 radical (unpaired) electrons. The Labute approximate surface area is 74.9 Å². The monoisotopic (exact) mass is 158 g/mol. The molecule has 0 aliphatic rings. The van der Waals surface area contributed by atoms with Gasteiger partial charge < -0.3 is 0 Å². The van der Waals surface area contributed by atoms with E-state index in [2.05, 4.69) is 19.4 Å². The lowest BCUT2D eigenvalue weighted by atomic mass is 10.2. The summed E-state index contributed by atoms with van der Waals surface area (Å²) < 4.78 is 0. The highest BCUT2D eigenvalue weighted by Gasteiger charge is 1.76. The molecular weight excluding hydrogens is 144 g/mol. The minimum atomic E-state index is 0.938. The molecule has 0 bridgehead atoms. The number of terminal acetylenes is 1. The van der Waals surface area contributed by atoms with E-state index in [4.69, 9.17) is 6.42 Å². The molecule has 0 aromatic heterocycles. The Morgan fingerprint density at radius 3 is 2.17 bits per heavy atom. The Kier molecular flexibility index (Phi) is 6.68. The zero-order valence-electron chi connectivity index (χ0n) is 7.46. The molecule has 0 atom stereocenters. The SMILES string of the molecule is C#Cc1ccccc1.C=CCC. The van der Waals surface area contributed by atoms with Crippen LogP contribution in [-0.2, 0) is 0 Å². The van der Waals surface area contributed by atoms with Crippen LogP contribution in [0, 0.1) is 12.3 Å². The van der Waals surface area contributed by atoms with Gasteiger partial charge in [0.15, 0.2) is 0 Å². The van der Waals surface area contributed by atoms with E-state index in [1.54, 1.807) is 0 Å². The van der Waals surface area contributed by atoms with Gasteiger partial charge in [0.25, 0.3) is 0 Å². The Hall–Kier alpha value is -1.48. The third-order valence-corrected chi connectivity index (χ3v) is 1.23. The van der Waals surface area contributed by atoms with Crippen molar-refractivity contribution in [2.75, 3.05) is 0 Å². The van der Waals surface area contributed by atoms with Crippen molar-refractivity contribution in [2.24, 2.45) is 0 Å². The topological polar surface area (TPSA) is 0 Å². The molecule has 0 nitrogen and oxygen atoms in total. The molecular formula is C12H14. The van der Waals surface area contributed by atoms with Gasteiger partial charge in [0.1, 0.15) is 0 Å². The molecule has 0 saturated carbocycles. The van der Waals surface area contributed by atoms with Crippen molar-refractivity contribution in [1.82, 2.24) is 0 Å². The summed E-state index contributed by atoms with van der Waals surface area (Å²) >= 11 is 0. The quantitative estimate of drug-likeness (QED) is 0.434. The predicted octanol–water partition coefficient (Wildman–Crippen LogP) is 3.25. The Balaban J connectivity index is 0.000000261. The van der Waals surface area contributed by atoms with Gasteiger partial charge in [-0.15, -0.1) is 13.0 Å². The van der Waals surface area contributed by atoms with Crippen LogP contribution in [0.2, 0.25) is 0 Å². The summed E-state index contributed by atoms with van der Waals surface area (Å²) in [6.07, 6.45) is 8.06. The zero-order chi connectivity index (χ0) is 9.23. The van der Waals surface area contributed by atoms with Crippen molar-refractivity contribution in [3.63, 3.8) is 0 Å². The summed E-state index contributed by atoms with van der Waals surface area (Å²) in [5, 5.41) is 0. The van der Waals surface area contributed by atoms with Crippen molar-refractivity contribution in [3.05, 3.63) is 48.6 Å². The first-order valence-electron chi connectivity index (χ1n) is 3.97. The minimum absolute atomic E-state index is 0.938. The molecule has 0 fully saturated rings. The van der Waals surface area contributed by atoms with Crippen LogP contribution in [-0.4, -0.2) is 0 Å². The molecule has 1 rings (SSSR count). The van der Waals surface area contributed by atoms with E-state index >= 15 is 0 Å². The molecule has 0 heterocycles. The number of hydrogen-bond acceptors (Lipinski definition) is 0. The van der Waals surface area contributed by atoms with E-state index in [1.807, 2.05) is 36.4 Å². The maximum absolute atomic E-state index is 5.10. The van der Waals surface area contributed by atoms with Crippen molar-refractivity contribution >= 4 is 0 Å². The van der Waals surface area contributed by atoms with Crippen molar-refractivity contribution in [1.29, 1.82) is 0 Å². The first-order valence-corrected chi connectivity index (χ1v) is 3.97. The van der Waals surface area contributed by atoms with Crippen LogP contribution in [0.25, 0.3) is 0 Å². The summed E-state index contributed by atoms with van der Waals surface area (Å²) in [4.78, 5) is 0. The molecule has 0 amide bonds. The Morgan fingerprint density at radius 1 is 1.42 bits per heavy atom. The van der Waals surface area contributed by atoms with E-state index in [9.17, 15) is 0 Å². The fourth-order valence-electron chi connectivity index (χ4n) is 0.534. The summed E-state index contributed by atoms with van der Waals surface area (Å²) in [5.74, 6) is 2.53. The van der Waals surface area contributed by atoms with Gasteiger partial charge in [0, 0.05) is 5.56 Å². The molecule has 0 aliphatic heterocycles. The second kappa shape index (κ2) is 7.63. The van der Waals surface area contributed by atoms with Crippen molar-refractivity contribution in [2.45, 2.75) is 13.3 Å². The lowest BCUT2D eigenvalue weighted by Crippen LogP contribution is -1.66. The normalized spacial score (nSPS) is 7.33. The Bertz CT molecular complexity index is 238. The van der Waals surface area contributed by atoms with Crippen LogP contribution in [0.5, 0.6) is 0 Å². The standard InChI is InChI=1S/C8H6.C4H8/c1-2-8-6-4-3-5-7-8;1-3-4-2/h1,3-7H;3H,1,4H2,2H3. The van der Waals surface area contributed by atoms with Crippen LogP contribution < -0.4 is 0 Å². The summed E-state index contributed by atoms with van der Waals surface area (Å²) in [6.45, 7) is 5.54. The van der Waals surface area contributed by atoms with Gasteiger partial charge in [-0.3, -0.25) is 0 Å². The summed E-state index contributed by atoms with van der Waals surface area (Å²) in [7, 11) is 0. The largest absolute Gasteiger partial charge is 0.115 e. The summed E-state index contributed by atoms with van der Waals surface area (Å²) in [5.41, 5.74) is 0.938. The average molecular weight is 158 g/mol. The maximum Gasteiger partial charge on any atom is 0.0242 e. The lowest BCUT2D eigenvalue weighted by molar-refractivity contribution is 1.23. The lowest BCUT2D eigenvalue weighted by Gasteiger charge is -1.82. The Morgan fingerprint density at radius 2 is 1.92 bits per heavy atom. The van der Waals surface area contributed by atoms with Gasteiger partial charge in [-0.2, -0.15) is 0 Å². The van der Waals surface area contributed by atoms with E-state index in [0.717, 1.165) is 12.0 Å². The molecule has 0 spiro atoms. The molecule has 0 saturated heterocycles. The van der Waals surface area contributed by atoms with Gasteiger partial charge in [-0.25, -0.2) is 0 Å². The van der Waals surface area contributed by atoms with Gasteiger partial charge in [-0.1, -0.05) is 37.1 Å². The van der Waals surface area contributed by atoms with E-state index < -0.39 is 0 Å². The molecule has 0 unspecified atom stereocenters. The minimum Gasteiger partial charge on any atom is -0.115 e. The molecule has 1 aromatic carbocycles. The van der Waals surface area contributed by atoms with E-state index in [-0.39, 0.29) is 0 Å². The zero-order valence-corrected chi connectivity index (χ0v) is 7.46. The van der Waals surface area contributed by atoms with Crippen LogP contribution >= 0.6 is 0 Å². The molecule has 0 aliphatic carbocycles. The average Bonchev–Trinajstić information content (AvgIpc) is 2.19. The van der Waals surface area contributed by atoms with Gasteiger partial charge >= 0.3 is 0 Å².